The van der Waals surface area contributed by atoms with E-state index in [1.54, 1.807) is 0 Å². The van der Waals surface area contributed by atoms with Crippen LogP contribution in [0.25, 0.3) is 11.3 Å². The number of carbonyl (C=O) groups is 1. The number of nitrogens with zero attached hydrogens (tertiary/aromatic N) is 2. The summed E-state index contributed by atoms with van der Waals surface area (Å²) in [5.74, 6) is 0.0303. The van der Waals surface area contributed by atoms with E-state index in [2.05, 4.69) is 22.1 Å². The number of benzene rings is 1. The van der Waals surface area contributed by atoms with Gasteiger partial charge in [0.2, 0.25) is 5.91 Å². The van der Waals surface area contributed by atoms with Crippen molar-refractivity contribution < 1.29 is 4.79 Å². The lowest BCUT2D eigenvalue weighted by molar-refractivity contribution is -0.118. The van der Waals surface area contributed by atoms with Crippen molar-refractivity contribution in [3.8, 4) is 11.3 Å². The van der Waals surface area contributed by atoms with Crippen LogP contribution in [0.5, 0.6) is 0 Å². The zero-order valence-corrected chi connectivity index (χ0v) is 13.6. The summed E-state index contributed by atoms with van der Waals surface area (Å²) in [5.41, 5.74) is 1.98. The highest BCUT2D eigenvalue weighted by atomic mass is 32.1. The van der Waals surface area contributed by atoms with E-state index < -0.39 is 0 Å². The predicted molar refractivity (Wildman–Crippen MR) is 91.1 cm³/mol. The van der Waals surface area contributed by atoms with E-state index in [4.69, 9.17) is 0 Å². The molecule has 0 radical (unpaired) electrons. The van der Waals surface area contributed by atoms with Gasteiger partial charge in [0.1, 0.15) is 0 Å². The fourth-order valence-corrected chi connectivity index (χ4v) is 3.54. The van der Waals surface area contributed by atoms with E-state index in [1.807, 2.05) is 35.7 Å². The molecule has 0 bridgehead atoms. The lowest BCUT2D eigenvalue weighted by Crippen LogP contribution is -2.42. The SMILES string of the molecule is CC1CCCCN1CC(=O)Nc1nc(-c2ccccc2)cs1. The van der Waals surface area contributed by atoms with Crippen LogP contribution in [0.4, 0.5) is 5.13 Å². The van der Waals surface area contributed by atoms with Gasteiger partial charge in [-0.2, -0.15) is 0 Å². The average Bonchev–Trinajstić information content (AvgIpc) is 2.99. The number of amides is 1. The number of aromatic nitrogens is 1. The minimum atomic E-state index is 0.0303. The number of thiazole rings is 1. The summed E-state index contributed by atoms with van der Waals surface area (Å²) in [7, 11) is 0. The summed E-state index contributed by atoms with van der Waals surface area (Å²) < 4.78 is 0. The molecule has 1 aliphatic heterocycles. The number of nitrogens with one attached hydrogen (secondary N) is 1. The van der Waals surface area contributed by atoms with E-state index in [-0.39, 0.29) is 5.91 Å². The zero-order valence-electron chi connectivity index (χ0n) is 12.8. The van der Waals surface area contributed by atoms with E-state index in [9.17, 15) is 4.79 Å². The Balaban J connectivity index is 1.59. The number of carbonyl (C=O) groups excluding carboxylic acids is 1. The molecule has 1 N–H and O–H groups in total. The molecule has 116 valence electrons. The number of rotatable bonds is 4. The molecule has 1 aliphatic rings. The second-order valence-corrected chi connectivity index (χ2v) is 6.63. The van der Waals surface area contributed by atoms with Crippen molar-refractivity contribution in [2.24, 2.45) is 0 Å². The van der Waals surface area contributed by atoms with Gasteiger partial charge in [-0.1, -0.05) is 36.8 Å². The zero-order chi connectivity index (χ0) is 15.4. The van der Waals surface area contributed by atoms with E-state index in [0.717, 1.165) is 17.8 Å². The Morgan fingerprint density at radius 1 is 1.36 bits per heavy atom. The molecule has 0 aliphatic carbocycles. The Hall–Kier alpha value is -1.72. The van der Waals surface area contributed by atoms with Crippen molar-refractivity contribution in [1.82, 2.24) is 9.88 Å². The summed E-state index contributed by atoms with van der Waals surface area (Å²) >= 11 is 1.47. The second-order valence-electron chi connectivity index (χ2n) is 5.77. The van der Waals surface area contributed by atoms with Crippen molar-refractivity contribution in [2.75, 3.05) is 18.4 Å². The third-order valence-electron chi connectivity index (χ3n) is 4.11. The quantitative estimate of drug-likeness (QED) is 0.937. The predicted octanol–water partition coefficient (Wildman–Crippen LogP) is 3.62. The molecule has 1 fully saturated rings. The molecule has 2 heterocycles. The fraction of sp³-hybridized carbons (Fsp3) is 0.412. The van der Waals surface area contributed by atoms with Gasteiger partial charge in [-0.05, 0) is 26.3 Å². The van der Waals surface area contributed by atoms with Gasteiger partial charge >= 0.3 is 0 Å². The normalized spacial score (nSPS) is 19.0. The maximum absolute atomic E-state index is 12.2. The molecule has 1 aromatic carbocycles. The van der Waals surface area contributed by atoms with Crippen molar-refractivity contribution in [3.63, 3.8) is 0 Å². The largest absolute Gasteiger partial charge is 0.301 e. The van der Waals surface area contributed by atoms with Gasteiger partial charge in [-0.25, -0.2) is 4.98 Å². The minimum Gasteiger partial charge on any atom is -0.301 e. The molecule has 5 heteroatoms. The Bertz CT molecular complexity index is 626. The van der Waals surface area contributed by atoms with Gasteiger partial charge in [0.25, 0.3) is 0 Å². The number of likely N-dealkylation sites (tertiary alicyclic amines) is 1. The standard InChI is InChI=1S/C17H21N3OS/c1-13-7-5-6-10-20(13)11-16(21)19-17-18-15(12-22-17)14-8-3-2-4-9-14/h2-4,8-9,12-13H,5-7,10-11H2,1H3,(H,18,19,21). The molecule has 2 aromatic rings. The molecule has 1 amide bonds. The van der Waals surface area contributed by atoms with Crippen LogP contribution in [-0.2, 0) is 4.79 Å². The lowest BCUT2D eigenvalue weighted by Gasteiger charge is -2.32. The number of hydrogen-bond donors (Lipinski definition) is 1. The van der Waals surface area contributed by atoms with Crippen LogP contribution < -0.4 is 5.32 Å². The van der Waals surface area contributed by atoms with Crippen LogP contribution in [0.3, 0.4) is 0 Å². The summed E-state index contributed by atoms with van der Waals surface area (Å²) in [6.07, 6.45) is 3.64. The third kappa shape index (κ3) is 3.72. The Kier molecular flexibility index (Phi) is 4.85. The molecule has 0 spiro atoms. The lowest BCUT2D eigenvalue weighted by atomic mass is 10.0. The first-order valence-corrected chi connectivity index (χ1v) is 8.65. The highest BCUT2D eigenvalue weighted by Gasteiger charge is 2.20. The molecule has 1 unspecified atom stereocenters. The van der Waals surface area contributed by atoms with Crippen LogP contribution in [0, 0.1) is 0 Å². The summed E-state index contributed by atoms with van der Waals surface area (Å²) in [6, 6.07) is 10.5. The molecule has 3 rings (SSSR count). The van der Waals surface area contributed by atoms with Crippen LogP contribution in [0.15, 0.2) is 35.7 Å². The van der Waals surface area contributed by atoms with Crippen molar-refractivity contribution in [1.29, 1.82) is 0 Å². The van der Waals surface area contributed by atoms with E-state index in [1.165, 1.54) is 30.6 Å². The maximum Gasteiger partial charge on any atom is 0.240 e. The summed E-state index contributed by atoms with van der Waals surface area (Å²) in [4.78, 5) is 18.9. The smallest absolute Gasteiger partial charge is 0.240 e. The summed E-state index contributed by atoms with van der Waals surface area (Å²) in [5, 5.41) is 5.58. The highest BCUT2D eigenvalue weighted by molar-refractivity contribution is 7.14. The Morgan fingerprint density at radius 3 is 2.95 bits per heavy atom. The first-order chi connectivity index (χ1) is 10.7. The average molecular weight is 315 g/mol. The van der Waals surface area contributed by atoms with Crippen LogP contribution >= 0.6 is 11.3 Å². The van der Waals surface area contributed by atoms with Gasteiger partial charge < -0.3 is 5.32 Å². The van der Waals surface area contributed by atoms with Crippen LogP contribution in [-0.4, -0.2) is 34.9 Å². The number of anilines is 1. The van der Waals surface area contributed by atoms with Crippen LogP contribution in [0.2, 0.25) is 0 Å². The van der Waals surface area contributed by atoms with E-state index >= 15 is 0 Å². The van der Waals surface area contributed by atoms with Gasteiger partial charge in [-0.15, -0.1) is 11.3 Å². The molecule has 1 aromatic heterocycles. The van der Waals surface area contributed by atoms with Gasteiger partial charge in [0, 0.05) is 17.0 Å². The summed E-state index contributed by atoms with van der Waals surface area (Å²) in [6.45, 7) is 3.67. The Morgan fingerprint density at radius 2 is 2.18 bits per heavy atom. The molecule has 1 saturated heterocycles. The monoisotopic (exact) mass is 315 g/mol. The van der Waals surface area contributed by atoms with Crippen molar-refractivity contribution in [2.45, 2.75) is 32.2 Å². The maximum atomic E-state index is 12.2. The molecule has 0 saturated carbocycles. The topological polar surface area (TPSA) is 45.2 Å². The number of piperidine rings is 1. The number of hydrogen-bond acceptors (Lipinski definition) is 4. The molecular formula is C17H21N3OS. The van der Waals surface area contributed by atoms with Crippen molar-refractivity contribution in [3.05, 3.63) is 35.7 Å². The van der Waals surface area contributed by atoms with Gasteiger partial charge in [0.05, 0.1) is 12.2 Å². The van der Waals surface area contributed by atoms with Crippen molar-refractivity contribution >= 4 is 22.4 Å². The minimum absolute atomic E-state index is 0.0303. The molecule has 22 heavy (non-hydrogen) atoms. The first kappa shape index (κ1) is 15.2. The Labute approximate surface area is 135 Å². The van der Waals surface area contributed by atoms with Gasteiger partial charge in [-0.3, -0.25) is 9.69 Å². The van der Waals surface area contributed by atoms with Crippen LogP contribution in [0.1, 0.15) is 26.2 Å². The fourth-order valence-electron chi connectivity index (χ4n) is 2.81. The van der Waals surface area contributed by atoms with Gasteiger partial charge in [0.15, 0.2) is 5.13 Å². The molecular weight excluding hydrogens is 294 g/mol. The highest BCUT2D eigenvalue weighted by Crippen LogP contribution is 2.24. The molecule has 1 atom stereocenters. The third-order valence-corrected chi connectivity index (χ3v) is 4.87. The second kappa shape index (κ2) is 7.03. The molecule has 4 nitrogen and oxygen atoms in total. The van der Waals surface area contributed by atoms with E-state index in [0.29, 0.717) is 17.7 Å². The first-order valence-electron chi connectivity index (χ1n) is 7.77.